The standard InChI is InChI=1S/C15H30N2/c1-12(2)13-5-4-6-14(11-13)16-9-10-17(3)15-7-8-15/h12-16H,4-11H2,1-3H3. The van der Waals surface area contributed by atoms with E-state index in [-0.39, 0.29) is 0 Å². The van der Waals surface area contributed by atoms with Gasteiger partial charge in [0.05, 0.1) is 0 Å². The summed E-state index contributed by atoms with van der Waals surface area (Å²) in [5, 5.41) is 3.78. The minimum absolute atomic E-state index is 0.795. The molecule has 2 atom stereocenters. The van der Waals surface area contributed by atoms with Crippen LogP contribution in [0.4, 0.5) is 0 Å². The molecule has 2 heteroatoms. The zero-order chi connectivity index (χ0) is 12.3. The first-order valence-corrected chi connectivity index (χ1v) is 7.60. The highest BCUT2D eigenvalue weighted by atomic mass is 15.2. The Morgan fingerprint density at radius 1 is 1.18 bits per heavy atom. The van der Waals surface area contributed by atoms with Crippen molar-refractivity contribution < 1.29 is 0 Å². The van der Waals surface area contributed by atoms with Crippen molar-refractivity contribution in [1.29, 1.82) is 0 Å². The Morgan fingerprint density at radius 3 is 2.59 bits per heavy atom. The van der Waals surface area contributed by atoms with Crippen LogP contribution in [0.15, 0.2) is 0 Å². The molecule has 0 amide bonds. The Labute approximate surface area is 107 Å². The Kier molecular flexibility index (Phi) is 4.87. The summed E-state index contributed by atoms with van der Waals surface area (Å²) in [5.41, 5.74) is 0. The van der Waals surface area contributed by atoms with Crippen LogP contribution in [0, 0.1) is 11.8 Å². The van der Waals surface area contributed by atoms with Gasteiger partial charge in [0.1, 0.15) is 0 Å². The molecule has 2 aliphatic rings. The SMILES string of the molecule is CC(C)C1CCCC(NCCN(C)C2CC2)C1. The maximum Gasteiger partial charge on any atom is 0.0107 e. The minimum Gasteiger partial charge on any atom is -0.313 e. The molecule has 0 heterocycles. The lowest BCUT2D eigenvalue weighted by Gasteiger charge is -2.32. The number of hydrogen-bond acceptors (Lipinski definition) is 2. The van der Waals surface area contributed by atoms with Gasteiger partial charge in [-0.2, -0.15) is 0 Å². The van der Waals surface area contributed by atoms with E-state index in [4.69, 9.17) is 0 Å². The lowest BCUT2D eigenvalue weighted by atomic mass is 9.79. The van der Waals surface area contributed by atoms with Crippen LogP contribution in [-0.2, 0) is 0 Å². The van der Waals surface area contributed by atoms with Gasteiger partial charge in [0.15, 0.2) is 0 Å². The van der Waals surface area contributed by atoms with Gasteiger partial charge in [0.25, 0.3) is 0 Å². The Morgan fingerprint density at radius 2 is 1.94 bits per heavy atom. The number of nitrogens with zero attached hydrogens (tertiary/aromatic N) is 1. The van der Waals surface area contributed by atoms with E-state index in [0.29, 0.717) is 0 Å². The highest BCUT2D eigenvalue weighted by molar-refractivity contribution is 4.84. The third kappa shape index (κ3) is 4.26. The van der Waals surface area contributed by atoms with Gasteiger partial charge in [-0.05, 0) is 44.6 Å². The summed E-state index contributed by atoms with van der Waals surface area (Å²) in [4.78, 5) is 2.52. The molecule has 0 saturated heterocycles. The van der Waals surface area contributed by atoms with E-state index >= 15 is 0 Å². The zero-order valence-electron chi connectivity index (χ0n) is 11.9. The first-order chi connectivity index (χ1) is 8.16. The maximum atomic E-state index is 3.78. The first kappa shape index (κ1) is 13.4. The van der Waals surface area contributed by atoms with Crippen LogP contribution in [0.1, 0.15) is 52.4 Å². The first-order valence-electron chi connectivity index (χ1n) is 7.60. The lowest BCUT2D eigenvalue weighted by Crippen LogP contribution is -2.39. The van der Waals surface area contributed by atoms with Gasteiger partial charge < -0.3 is 10.2 Å². The second-order valence-electron chi connectivity index (χ2n) is 6.53. The van der Waals surface area contributed by atoms with Crippen molar-refractivity contribution in [2.45, 2.75) is 64.5 Å². The monoisotopic (exact) mass is 238 g/mol. The maximum absolute atomic E-state index is 3.78. The van der Waals surface area contributed by atoms with E-state index in [1.165, 1.54) is 51.6 Å². The molecule has 100 valence electrons. The fraction of sp³-hybridized carbons (Fsp3) is 1.00. The zero-order valence-corrected chi connectivity index (χ0v) is 11.9. The molecule has 2 unspecified atom stereocenters. The summed E-state index contributed by atoms with van der Waals surface area (Å²) >= 11 is 0. The highest BCUT2D eigenvalue weighted by Gasteiger charge is 2.26. The Bertz CT molecular complexity index is 223. The normalized spacial score (nSPS) is 30.2. The molecule has 0 aromatic carbocycles. The van der Waals surface area contributed by atoms with E-state index < -0.39 is 0 Å². The van der Waals surface area contributed by atoms with Gasteiger partial charge in [-0.25, -0.2) is 0 Å². The van der Waals surface area contributed by atoms with Crippen molar-refractivity contribution in [1.82, 2.24) is 10.2 Å². The molecule has 2 aliphatic carbocycles. The molecular formula is C15H30N2. The fourth-order valence-corrected chi connectivity index (χ4v) is 3.16. The molecule has 2 fully saturated rings. The molecule has 0 radical (unpaired) electrons. The van der Waals surface area contributed by atoms with Crippen LogP contribution in [0.25, 0.3) is 0 Å². The molecule has 0 aliphatic heterocycles. The van der Waals surface area contributed by atoms with Gasteiger partial charge in [-0.15, -0.1) is 0 Å². The predicted molar refractivity (Wildman–Crippen MR) is 74.2 cm³/mol. The predicted octanol–water partition coefficient (Wildman–Crippen LogP) is 2.89. The average Bonchev–Trinajstić information content (AvgIpc) is 3.13. The van der Waals surface area contributed by atoms with Crippen molar-refractivity contribution in [2.75, 3.05) is 20.1 Å². The molecule has 2 rings (SSSR count). The molecule has 2 saturated carbocycles. The Hall–Kier alpha value is -0.0800. The second kappa shape index (κ2) is 6.19. The highest BCUT2D eigenvalue weighted by Crippen LogP contribution is 2.30. The van der Waals surface area contributed by atoms with Crippen LogP contribution in [0.2, 0.25) is 0 Å². The largest absolute Gasteiger partial charge is 0.313 e. The van der Waals surface area contributed by atoms with E-state index in [1.807, 2.05) is 0 Å². The third-order valence-electron chi connectivity index (χ3n) is 4.73. The molecular weight excluding hydrogens is 208 g/mol. The molecule has 0 aromatic heterocycles. The molecule has 0 bridgehead atoms. The summed E-state index contributed by atoms with van der Waals surface area (Å²) in [6.45, 7) is 7.18. The summed E-state index contributed by atoms with van der Waals surface area (Å²) in [7, 11) is 2.27. The van der Waals surface area contributed by atoms with Gasteiger partial charge in [0.2, 0.25) is 0 Å². The fourth-order valence-electron chi connectivity index (χ4n) is 3.16. The molecule has 0 spiro atoms. The number of nitrogens with one attached hydrogen (secondary N) is 1. The Balaban J connectivity index is 1.61. The van der Waals surface area contributed by atoms with Crippen molar-refractivity contribution in [2.24, 2.45) is 11.8 Å². The smallest absolute Gasteiger partial charge is 0.0107 e. The molecule has 2 nitrogen and oxygen atoms in total. The second-order valence-corrected chi connectivity index (χ2v) is 6.53. The van der Waals surface area contributed by atoms with Gasteiger partial charge in [-0.3, -0.25) is 0 Å². The lowest BCUT2D eigenvalue weighted by molar-refractivity contribution is 0.224. The summed E-state index contributed by atoms with van der Waals surface area (Å²) in [6.07, 6.45) is 8.54. The molecule has 17 heavy (non-hydrogen) atoms. The van der Waals surface area contributed by atoms with Crippen molar-refractivity contribution in [3.63, 3.8) is 0 Å². The van der Waals surface area contributed by atoms with Gasteiger partial charge >= 0.3 is 0 Å². The van der Waals surface area contributed by atoms with E-state index in [9.17, 15) is 0 Å². The summed E-state index contributed by atoms with van der Waals surface area (Å²) < 4.78 is 0. The van der Waals surface area contributed by atoms with E-state index in [1.54, 1.807) is 0 Å². The van der Waals surface area contributed by atoms with Crippen LogP contribution in [0.3, 0.4) is 0 Å². The topological polar surface area (TPSA) is 15.3 Å². The minimum atomic E-state index is 0.795. The van der Waals surface area contributed by atoms with Crippen LogP contribution >= 0.6 is 0 Å². The van der Waals surface area contributed by atoms with Crippen LogP contribution in [0.5, 0.6) is 0 Å². The van der Waals surface area contributed by atoms with Gasteiger partial charge in [0, 0.05) is 25.2 Å². The van der Waals surface area contributed by atoms with Crippen LogP contribution < -0.4 is 5.32 Å². The van der Waals surface area contributed by atoms with E-state index in [2.05, 4.69) is 31.1 Å². The van der Waals surface area contributed by atoms with Crippen LogP contribution in [-0.4, -0.2) is 37.1 Å². The third-order valence-corrected chi connectivity index (χ3v) is 4.73. The van der Waals surface area contributed by atoms with Crippen molar-refractivity contribution >= 4 is 0 Å². The van der Waals surface area contributed by atoms with Crippen molar-refractivity contribution in [3.8, 4) is 0 Å². The summed E-state index contributed by atoms with van der Waals surface area (Å²) in [5.74, 6) is 1.83. The number of likely N-dealkylation sites (N-methyl/N-ethyl adjacent to an activating group) is 1. The van der Waals surface area contributed by atoms with Crippen molar-refractivity contribution in [3.05, 3.63) is 0 Å². The number of hydrogen-bond donors (Lipinski definition) is 1. The summed E-state index contributed by atoms with van der Waals surface area (Å²) in [6, 6.07) is 1.70. The van der Waals surface area contributed by atoms with Gasteiger partial charge in [-0.1, -0.05) is 26.7 Å². The molecule has 1 N–H and O–H groups in total. The van der Waals surface area contributed by atoms with E-state index in [0.717, 1.165) is 23.9 Å². The number of rotatable bonds is 6. The quantitative estimate of drug-likeness (QED) is 0.765. The molecule has 0 aromatic rings. The average molecular weight is 238 g/mol.